The lowest BCUT2D eigenvalue weighted by Gasteiger charge is -2.08. The number of aromatic nitrogens is 1. The maximum Gasteiger partial charge on any atom is 0.0717 e. The first-order valence-corrected chi connectivity index (χ1v) is 8.07. The monoisotopic (exact) mass is 304 g/mol. The van der Waals surface area contributed by atoms with Crippen LogP contribution in [0.15, 0.2) is 59.8 Å². The second-order valence-corrected chi connectivity index (χ2v) is 5.64. The Kier molecular flexibility index (Phi) is 4.65. The molecule has 4 rings (SSSR count). The van der Waals surface area contributed by atoms with Gasteiger partial charge in [0.25, 0.3) is 0 Å². The Bertz CT molecular complexity index is 842. The molecule has 2 aliphatic heterocycles. The molecule has 0 saturated carbocycles. The van der Waals surface area contributed by atoms with Gasteiger partial charge in [-0.1, -0.05) is 61.3 Å². The van der Waals surface area contributed by atoms with Crippen molar-refractivity contribution in [2.75, 3.05) is 6.54 Å². The molecule has 0 bridgehead atoms. The number of azide groups is 1. The molecule has 0 aromatic heterocycles. The van der Waals surface area contributed by atoms with Gasteiger partial charge in [0.1, 0.15) is 0 Å². The number of unbranched alkanes of at least 4 members (excludes halogenated alkanes) is 2. The molecule has 0 unspecified atom stereocenters. The van der Waals surface area contributed by atoms with Gasteiger partial charge in [0.05, 0.1) is 11.2 Å². The Hall–Kier alpha value is -2.71. The van der Waals surface area contributed by atoms with Crippen molar-refractivity contribution in [3.05, 3.63) is 65.2 Å². The van der Waals surface area contributed by atoms with Crippen LogP contribution in [0.25, 0.3) is 38.2 Å². The van der Waals surface area contributed by atoms with Gasteiger partial charge < -0.3 is 4.57 Å². The smallest absolute Gasteiger partial charge is 0.0717 e. The molecule has 2 aromatic rings. The molecule has 0 atom stereocenters. The zero-order valence-corrected chi connectivity index (χ0v) is 13.3. The highest BCUT2D eigenvalue weighted by molar-refractivity contribution is 6.02. The van der Waals surface area contributed by atoms with Crippen LogP contribution in [0.5, 0.6) is 0 Å². The van der Waals surface area contributed by atoms with E-state index in [0.717, 1.165) is 6.42 Å². The van der Waals surface area contributed by atoms with E-state index in [1.54, 1.807) is 0 Å². The van der Waals surface area contributed by atoms with E-state index < -0.39 is 0 Å². The van der Waals surface area contributed by atoms with E-state index in [9.17, 15) is 0 Å². The largest absolute Gasteiger partial charge is 0.312 e. The third kappa shape index (κ3) is 3.38. The van der Waals surface area contributed by atoms with Gasteiger partial charge in [0.2, 0.25) is 0 Å². The molecule has 0 radical (unpaired) electrons. The predicted octanol–water partition coefficient (Wildman–Crippen LogP) is 6.10. The number of benzene rings is 2. The quantitative estimate of drug-likeness (QED) is 0.185. The van der Waals surface area contributed by atoms with Gasteiger partial charge in [-0.15, -0.1) is 0 Å². The second-order valence-electron chi connectivity index (χ2n) is 5.64. The number of hydrogen-bond donors (Lipinski definition) is 0. The third-order valence-corrected chi connectivity index (χ3v) is 4.01. The summed E-state index contributed by atoms with van der Waals surface area (Å²) in [7, 11) is 0. The summed E-state index contributed by atoms with van der Waals surface area (Å²) >= 11 is 0. The van der Waals surface area contributed by atoms with Crippen LogP contribution in [0.1, 0.15) is 26.2 Å². The van der Waals surface area contributed by atoms with Crippen LogP contribution in [0.2, 0.25) is 0 Å². The summed E-state index contributed by atoms with van der Waals surface area (Å²) in [4.78, 5) is 2.63. The SMILES string of the molecule is CCCCCN=[N+]=[N-].c1ccc(-c2ccc3c(c2)c2cn3-2)cc1. The summed E-state index contributed by atoms with van der Waals surface area (Å²) in [5.74, 6) is 0. The Labute approximate surface area is 136 Å². The van der Waals surface area contributed by atoms with E-state index >= 15 is 0 Å². The highest BCUT2D eigenvalue weighted by Gasteiger charge is 2.22. The molecule has 4 nitrogen and oxygen atoms in total. The van der Waals surface area contributed by atoms with Gasteiger partial charge in [0.15, 0.2) is 0 Å². The van der Waals surface area contributed by atoms with Crippen LogP contribution in [0.3, 0.4) is 0 Å². The van der Waals surface area contributed by atoms with E-state index in [-0.39, 0.29) is 0 Å². The first-order chi connectivity index (χ1) is 11.3. The lowest BCUT2D eigenvalue weighted by atomic mass is 10.0. The van der Waals surface area contributed by atoms with Crippen LogP contribution in [0.4, 0.5) is 0 Å². The molecule has 0 aliphatic carbocycles. The Morgan fingerprint density at radius 3 is 2.61 bits per heavy atom. The first-order valence-electron chi connectivity index (χ1n) is 8.07. The summed E-state index contributed by atoms with van der Waals surface area (Å²) in [6.45, 7) is 2.78. The summed E-state index contributed by atoms with van der Waals surface area (Å²) in [5.41, 5.74) is 13.2. The predicted molar refractivity (Wildman–Crippen MR) is 95.8 cm³/mol. The van der Waals surface area contributed by atoms with Crippen LogP contribution in [-0.2, 0) is 0 Å². The van der Waals surface area contributed by atoms with Gasteiger partial charge in [-0.25, -0.2) is 0 Å². The van der Waals surface area contributed by atoms with Crippen molar-refractivity contribution in [3.8, 4) is 16.8 Å². The van der Waals surface area contributed by atoms with Gasteiger partial charge in [-0.3, -0.25) is 0 Å². The minimum absolute atomic E-state index is 0.657. The Morgan fingerprint density at radius 2 is 1.87 bits per heavy atom. The van der Waals surface area contributed by atoms with Crippen LogP contribution in [-0.4, -0.2) is 11.1 Å². The molecule has 0 N–H and O–H groups in total. The van der Waals surface area contributed by atoms with E-state index in [2.05, 4.69) is 76.2 Å². The lowest BCUT2D eigenvalue weighted by molar-refractivity contribution is 0.725. The highest BCUT2D eigenvalue weighted by atomic mass is 15.1. The summed E-state index contributed by atoms with van der Waals surface area (Å²) < 4.78 is 2.23. The fourth-order valence-corrected chi connectivity index (χ4v) is 2.68. The lowest BCUT2D eigenvalue weighted by Crippen LogP contribution is -1.88. The zero-order valence-electron chi connectivity index (χ0n) is 13.3. The normalized spacial score (nSPS) is 10.7. The van der Waals surface area contributed by atoms with E-state index in [1.807, 2.05) is 0 Å². The standard InChI is InChI=1S/C14H9N.C5H11N3/c1-2-4-10(5-3-1)11-6-7-13-12(8-11)14-9-15(13)14;1-2-3-4-5-7-8-6/h1-9H;2-5H2,1H3. The molecule has 2 heterocycles. The number of rotatable bonds is 5. The molecule has 4 heteroatoms. The molecular formula is C19H20N4. The van der Waals surface area contributed by atoms with Crippen molar-refractivity contribution < 1.29 is 0 Å². The molecule has 0 fully saturated rings. The number of fused-ring (bicyclic) bond motifs is 4. The first kappa shape index (κ1) is 15.2. The maximum atomic E-state index is 7.82. The Morgan fingerprint density at radius 1 is 1.04 bits per heavy atom. The number of nitrogens with zero attached hydrogens (tertiary/aromatic N) is 4. The molecule has 116 valence electrons. The van der Waals surface area contributed by atoms with Crippen molar-refractivity contribution in [2.24, 2.45) is 5.11 Å². The summed E-state index contributed by atoms with van der Waals surface area (Å²) in [6, 6.07) is 17.2. The minimum atomic E-state index is 0.657. The van der Waals surface area contributed by atoms with Crippen molar-refractivity contribution in [1.29, 1.82) is 0 Å². The van der Waals surface area contributed by atoms with Crippen molar-refractivity contribution in [1.82, 2.24) is 4.57 Å². The molecule has 2 aliphatic rings. The molecule has 0 saturated heterocycles. The molecule has 23 heavy (non-hydrogen) atoms. The summed E-state index contributed by atoms with van der Waals surface area (Å²) in [6.07, 6.45) is 5.56. The fraction of sp³-hybridized carbons (Fsp3) is 0.263. The van der Waals surface area contributed by atoms with Gasteiger partial charge in [0, 0.05) is 23.0 Å². The molecule has 0 amide bonds. The van der Waals surface area contributed by atoms with Crippen LogP contribution < -0.4 is 0 Å². The topological polar surface area (TPSA) is 53.7 Å². The van der Waals surface area contributed by atoms with Gasteiger partial charge >= 0.3 is 0 Å². The number of hydrogen-bond acceptors (Lipinski definition) is 1. The van der Waals surface area contributed by atoms with E-state index in [4.69, 9.17) is 5.53 Å². The fourth-order valence-electron chi connectivity index (χ4n) is 2.68. The van der Waals surface area contributed by atoms with Gasteiger partial charge in [-0.2, -0.15) is 0 Å². The van der Waals surface area contributed by atoms with Crippen molar-refractivity contribution in [2.45, 2.75) is 26.2 Å². The third-order valence-electron chi connectivity index (χ3n) is 4.01. The second kappa shape index (κ2) is 7.03. The van der Waals surface area contributed by atoms with Crippen LogP contribution in [0, 0.1) is 0 Å². The molecular weight excluding hydrogens is 284 g/mol. The van der Waals surface area contributed by atoms with Gasteiger partial charge in [-0.05, 0) is 35.2 Å². The van der Waals surface area contributed by atoms with Crippen molar-refractivity contribution in [3.63, 3.8) is 0 Å². The zero-order chi connectivity index (χ0) is 16.1. The molecule has 2 aromatic carbocycles. The maximum absolute atomic E-state index is 7.82. The molecule has 0 spiro atoms. The highest BCUT2D eigenvalue weighted by Crippen LogP contribution is 2.40. The van der Waals surface area contributed by atoms with E-state index in [0.29, 0.717) is 6.54 Å². The summed E-state index contributed by atoms with van der Waals surface area (Å²) in [5, 5.41) is 4.79. The minimum Gasteiger partial charge on any atom is -0.312 e. The Balaban J connectivity index is 0.000000170. The average Bonchev–Trinajstić information content (AvgIpc) is 3.32. The van der Waals surface area contributed by atoms with Crippen LogP contribution >= 0.6 is 0 Å². The van der Waals surface area contributed by atoms with E-state index in [1.165, 1.54) is 40.6 Å². The van der Waals surface area contributed by atoms with Crippen molar-refractivity contribution >= 4 is 10.9 Å². The average molecular weight is 304 g/mol.